The molecule has 3 aromatic rings. The predicted molar refractivity (Wildman–Crippen MR) is 126 cm³/mol. The van der Waals surface area contributed by atoms with Gasteiger partial charge in [0.25, 0.3) is 0 Å². The second-order valence-electron chi connectivity index (χ2n) is 7.49. The lowest BCUT2D eigenvalue weighted by Crippen LogP contribution is -2.44. The van der Waals surface area contributed by atoms with Gasteiger partial charge in [0, 0.05) is 25.0 Å². The van der Waals surface area contributed by atoms with Gasteiger partial charge in [-0.15, -0.1) is 0 Å². The van der Waals surface area contributed by atoms with Crippen molar-refractivity contribution in [2.45, 2.75) is 30.2 Å². The number of thioether (sulfide) groups is 1. The van der Waals surface area contributed by atoms with E-state index in [4.69, 9.17) is 14.7 Å². The van der Waals surface area contributed by atoms with Crippen molar-refractivity contribution in [3.8, 4) is 0 Å². The lowest BCUT2D eigenvalue weighted by molar-refractivity contribution is -0.134. The standard InChI is InChI=1S/C24H28N4O2S/c1-2-21(23(29)28-14-16-30-17-15-28)31-24-26-20-11-7-6-10-19(20)22(27-24)25-13-12-18-8-4-3-5-9-18/h3-11,21H,2,12-17H2,1H3,(H,25,26,27). The molecule has 6 nitrogen and oxygen atoms in total. The molecule has 1 fully saturated rings. The minimum Gasteiger partial charge on any atom is -0.378 e. The second-order valence-corrected chi connectivity index (χ2v) is 8.66. The van der Waals surface area contributed by atoms with Crippen molar-refractivity contribution >= 4 is 34.4 Å². The molecule has 2 aromatic carbocycles. The molecule has 4 rings (SSSR count). The van der Waals surface area contributed by atoms with Crippen LogP contribution in [0.4, 0.5) is 5.82 Å². The van der Waals surface area contributed by atoms with Crippen LogP contribution in [0, 0.1) is 0 Å². The zero-order valence-electron chi connectivity index (χ0n) is 17.8. The van der Waals surface area contributed by atoms with Crippen molar-refractivity contribution < 1.29 is 9.53 Å². The third-order valence-corrected chi connectivity index (χ3v) is 6.56. The fraction of sp³-hybridized carbons (Fsp3) is 0.375. The Kier molecular flexibility index (Phi) is 7.38. The van der Waals surface area contributed by atoms with E-state index in [2.05, 4.69) is 29.6 Å². The Balaban J connectivity index is 1.51. The van der Waals surface area contributed by atoms with Crippen LogP contribution in [0.1, 0.15) is 18.9 Å². The van der Waals surface area contributed by atoms with Crippen molar-refractivity contribution in [2.24, 2.45) is 0 Å². The molecule has 0 radical (unpaired) electrons. The molecular weight excluding hydrogens is 408 g/mol. The highest BCUT2D eigenvalue weighted by molar-refractivity contribution is 8.00. The number of carbonyl (C=O) groups is 1. The zero-order chi connectivity index (χ0) is 21.5. The minimum atomic E-state index is -0.198. The summed E-state index contributed by atoms with van der Waals surface area (Å²) in [6.07, 6.45) is 1.64. The van der Waals surface area contributed by atoms with Crippen molar-refractivity contribution in [3.63, 3.8) is 0 Å². The number of hydrogen-bond donors (Lipinski definition) is 1. The average Bonchev–Trinajstić information content (AvgIpc) is 2.83. The number of anilines is 1. The highest BCUT2D eigenvalue weighted by atomic mass is 32.2. The number of amides is 1. The molecule has 1 amide bonds. The third-order valence-electron chi connectivity index (χ3n) is 5.35. The minimum absolute atomic E-state index is 0.145. The summed E-state index contributed by atoms with van der Waals surface area (Å²) < 4.78 is 5.38. The second kappa shape index (κ2) is 10.6. The quantitative estimate of drug-likeness (QED) is 0.425. The maximum absolute atomic E-state index is 13.0. The summed E-state index contributed by atoms with van der Waals surface area (Å²) in [7, 11) is 0. The number of rotatable bonds is 8. The zero-order valence-corrected chi connectivity index (χ0v) is 18.6. The number of ether oxygens (including phenoxy) is 1. The van der Waals surface area contributed by atoms with Gasteiger partial charge in [0.2, 0.25) is 5.91 Å². The lowest BCUT2D eigenvalue weighted by atomic mass is 10.1. The SMILES string of the molecule is CCC(Sc1nc(NCCc2ccccc2)c2ccccc2n1)C(=O)N1CCOCC1. The van der Waals surface area contributed by atoms with Crippen LogP contribution in [0.25, 0.3) is 10.9 Å². The maximum Gasteiger partial charge on any atom is 0.236 e. The largest absolute Gasteiger partial charge is 0.378 e. The first-order valence-electron chi connectivity index (χ1n) is 10.8. The van der Waals surface area contributed by atoms with Crippen LogP contribution in [0.5, 0.6) is 0 Å². The number of aromatic nitrogens is 2. The van der Waals surface area contributed by atoms with Crippen molar-refractivity contribution in [2.75, 3.05) is 38.2 Å². The van der Waals surface area contributed by atoms with Crippen LogP contribution in [-0.4, -0.2) is 58.9 Å². The number of nitrogens with one attached hydrogen (secondary N) is 1. The summed E-state index contributed by atoms with van der Waals surface area (Å²) in [6.45, 7) is 5.33. The molecule has 1 aromatic heterocycles. The number of hydrogen-bond acceptors (Lipinski definition) is 6. The summed E-state index contributed by atoms with van der Waals surface area (Å²) in [5, 5.41) is 4.91. The molecule has 1 N–H and O–H groups in total. The van der Waals surface area contributed by atoms with Crippen LogP contribution in [0.2, 0.25) is 0 Å². The van der Waals surface area contributed by atoms with Crippen LogP contribution in [0.15, 0.2) is 59.8 Å². The Bertz CT molecular complexity index is 1010. The normalized spacial score (nSPS) is 15.1. The molecule has 1 atom stereocenters. The summed E-state index contributed by atoms with van der Waals surface area (Å²) in [4.78, 5) is 24.4. The van der Waals surface area contributed by atoms with Gasteiger partial charge in [0.1, 0.15) is 5.82 Å². The van der Waals surface area contributed by atoms with E-state index in [0.717, 1.165) is 36.1 Å². The van der Waals surface area contributed by atoms with Crippen LogP contribution in [-0.2, 0) is 16.0 Å². The fourth-order valence-electron chi connectivity index (χ4n) is 3.64. The van der Waals surface area contributed by atoms with Gasteiger partial charge >= 0.3 is 0 Å². The number of fused-ring (bicyclic) bond motifs is 1. The Labute approximate surface area is 187 Å². The van der Waals surface area contributed by atoms with E-state index >= 15 is 0 Å². The third kappa shape index (κ3) is 5.54. The molecule has 1 unspecified atom stereocenters. The van der Waals surface area contributed by atoms with Crippen LogP contribution >= 0.6 is 11.8 Å². The molecule has 31 heavy (non-hydrogen) atoms. The maximum atomic E-state index is 13.0. The van der Waals surface area contributed by atoms with E-state index in [1.165, 1.54) is 17.3 Å². The molecule has 1 aliphatic rings. The Morgan fingerprint density at radius 1 is 1.10 bits per heavy atom. The first kappa shape index (κ1) is 21.6. The molecule has 162 valence electrons. The van der Waals surface area contributed by atoms with Gasteiger partial charge in [-0.25, -0.2) is 9.97 Å². The van der Waals surface area contributed by atoms with Gasteiger partial charge in [-0.05, 0) is 30.5 Å². The highest BCUT2D eigenvalue weighted by Crippen LogP contribution is 2.29. The number of benzene rings is 2. The van der Waals surface area contributed by atoms with Gasteiger partial charge in [-0.1, -0.05) is 61.2 Å². The van der Waals surface area contributed by atoms with E-state index in [-0.39, 0.29) is 11.2 Å². The smallest absolute Gasteiger partial charge is 0.236 e. The Morgan fingerprint density at radius 2 is 1.84 bits per heavy atom. The van der Waals surface area contributed by atoms with Crippen molar-refractivity contribution in [3.05, 3.63) is 60.2 Å². The van der Waals surface area contributed by atoms with Gasteiger partial charge in [0.15, 0.2) is 5.16 Å². The van der Waals surface area contributed by atoms with Gasteiger partial charge in [-0.3, -0.25) is 4.79 Å². The predicted octanol–water partition coefficient (Wildman–Crippen LogP) is 4.01. The van der Waals surface area contributed by atoms with Gasteiger partial charge in [0.05, 0.1) is 24.0 Å². The number of carbonyl (C=O) groups excluding carboxylic acids is 1. The fourth-order valence-corrected chi connectivity index (χ4v) is 4.60. The van der Waals surface area contributed by atoms with Crippen LogP contribution in [0.3, 0.4) is 0 Å². The van der Waals surface area contributed by atoms with E-state index < -0.39 is 0 Å². The average molecular weight is 437 g/mol. The molecule has 0 bridgehead atoms. The molecule has 2 heterocycles. The molecular formula is C24H28N4O2S. The van der Waals surface area contributed by atoms with Crippen molar-refractivity contribution in [1.82, 2.24) is 14.9 Å². The number of morpholine rings is 1. The van der Waals surface area contributed by atoms with E-state index in [0.29, 0.717) is 31.5 Å². The first-order chi connectivity index (χ1) is 15.2. The molecule has 0 saturated carbocycles. The summed E-state index contributed by atoms with van der Waals surface area (Å²) in [5.41, 5.74) is 2.17. The summed E-state index contributed by atoms with van der Waals surface area (Å²) in [5.74, 6) is 0.962. The number of nitrogens with zero attached hydrogens (tertiary/aromatic N) is 3. The summed E-state index contributed by atoms with van der Waals surface area (Å²) >= 11 is 1.46. The van der Waals surface area contributed by atoms with Gasteiger partial charge in [-0.2, -0.15) is 0 Å². The first-order valence-corrected chi connectivity index (χ1v) is 11.7. The topological polar surface area (TPSA) is 67.4 Å². The van der Waals surface area contributed by atoms with Gasteiger partial charge < -0.3 is 15.0 Å². The van der Waals surface area contributed by atoms with Crippen LogP contribution < -0.4 is 5.32 Å². The monoisotopic (exact) mass is 436 g/mol. The highest BCUT2D eigenvalue weighted by Gasteiger charge is 2.26. The molecule has 0 aliphatic carbocycles. The molecule has 1 saturated heterocycles. The molecule has 0 spiro atoms. The Morgan fingerprint density at radius 3 is 2.61 bits per heavy atom. The lowest BCUT2D eigenvalue weighted by Gasteiger charge is -2.29. The van der Waals surface area contributed by atoms with Crippen molar-refractivity contribution in [1.29, 1.82) is 0 Å². The molecule has 7 heteroatoms. The Hall–Kier alpha value is -2.64. The van der Waals surface area contributed by atoms with E-state index in [9.17, 15) is 4.79 Å². The summed E-state index contributed by atoms with van der Waals surface area (Å²) in [6, 6.07) is 18.4. The molecule has 1 aliphatic heterocycles. The van der Waals surface area contributed by atoms with E-state index in [1.54, 1.807) is 0 Å². The van der Waals surface area contributed by atoms with E-state index in [1.807, 2.05) is 42.2 Å². The number of para-hydroxylation sites is 1.